The third kappa shape index (κ3) is 7.21. The van der Waals surface area contributed by atoms with Crippen LogP contribution in [-0.4, -0.2) is 43.5 Å². The number of nitrogens with one attached hydrogen (secondary N) is 2. The van der Waals surface area contributed by atoms with Gasteiger partial charge in [0, 0.05) is 46.6 Å². The number of piperidine rings is 1. The lowest BCUT2D eigenvalue weighted by Gasteiger charge is -2.40. The fourth-order valence-electron chi connectivity index (χ4n) is 6.03. The van der Waals surface area contributed by atoms with E-state index in [0.29, 0.717) is 27.3 Å². The summed E-state index contributed by atoms with van der Waals surface area (Å²) in [5, 5.41) is 26.9. The van der Waals surface area contributed by atoms with Crippen molar-refractivity contribution in [3.05, 3.63) is 105 Å². The van der Waals surface area contributed by atoms with Crippen molar-refractivity contribution in [1.29, 1.82) is 5.26 Å². The number of hydrogen-bond acceptors (Lipinski definition) is 7. The van der Waals surface area contributed by atoms with E-state index in [9.17, 15) is 18.4 Å². The van der Waals surface area contributed by atoms with Crippen LogP contribution in [0, 0.1) is 11.3 Å². The molecule has 1 atom stereocenters. The molecule has 1 aliphatic heterocycles. The molecule has 1 unspecified atom stereocenters. The van der Waals surface area contributed by atoms with Crippen LogP contribution in [0.15, 0.2) is 73.1 Å². The van der Waals surface area contributed by atoms with Gasteiger partial charge >= 0.3 is 6.18 Å². The molecule has 1 saturated heterocycles. The zero-order chi connectivity index (χ0) is 34.2. The highest BCUT2D eigenvalue weighted by Crippen LogP contribution is 2.38. The molecule has 2 N–H and O–H groups in total. The Kier molecular flexibility index (Phi) is 9.27. The minimum atomic E-state index is -4.53. The van der Waals surface area contributed by atoms with Gasteiger partial charge < -0.3 is 10.6 Å². The summed E-state index contributed by atoms with van der Waals surface area (Å²) >= 11 is 13.0. The van der Waals surface area contributed by atoms with Gasteiger partial charge in [-0.25, -0.2) is 4.68 Å². The van der Waals surface area contributed by atoms with E-state index in [2.05, 4.69) is 57.7 Å². The summed E-state index contributed by atoms with van der Waals surface area (Å²) in [4.78, 5) is 6.86. The molecule has 0 saturated carbocycles. The van der Waals surface area contributed by atoms with Crippen LogP contribution >= 0.6 is 23.2 Å². The van der Waals surface area contributed by atoms with Crippen LogP contribution in [0.5, 0.6) is 0 Å². The summed E-state index contributed by atoms with van der Waals surface area (Å²) in [6, 6.07) is 17.5. The SMILES string of the molecule is CC(C)(C)N1CCC(n2cc(C(Nc3cc(Cl)c4ncc(C#N)c(Nc5cccc(C(F)(F)F)c5)c4c3)c3ccc(Cl)cc3)nn2)CC1. The number of rotatable bonds is 7. The van der Waals surface area contributed by atoms with Gasteiger partial charge in [-0.3, -0.25) is 9.88 Å². The van der Waals surface area contributed by atoms with Crippen molar-refractivity contribution in [2.75, 3.05) is 23.7 Å². The highest BCUT2D eigenvalue weighted by molar-refractivity contribution is 6.36. The number of pyridine rings is 1. The third-order valence-electron chi connectivity index (χ3n) is 8.63. The first kappa shape index (κ1) is 33.5. The first-order valence-electron chi connectivity index (χ1n) is 15.5. The maximum absolute atomic E-state index is 13.5. The topological polar surface area (TPSA) is 94.7 Å². The average molecular weight is 694 g/mol. The molecular formula is C35H33Cl2F3N8. The minimum absolute atomic E-state index is 0.106. The second kappa shape index (κ2) is 13.3. The summed E-state index contributed by atoms with van der Waals surface area (Å²) < 4.78 is 42.3. The van der Waals surface area contributed by atoms with E-state index in [0.717, 1.165) is 43.6 Å². The van der Waals surface area contributed by atoms with Gasteiger partial charge in [-0.05, 0) is 81.6 Å². The van der Waals surface area contributed by atoms with Crippen molar-refractivity contribution < 1.29 is 13.2 Å². The van der Waals surface area contributed by atoms with E-state index in [-0.39, 0.29) is 33.5 Å². The van der Waals surface area contributed by atoms with E-state index in [1.807, 2.05) is 23.0 Å². The Bertz CT molecular complexity index is 1970. The summed E-state index contributed by atoms with van der Waals surface area (Å²) in [7, 11) is 0. The molecule has 1 fully saturated rings. The van der Waals surface area contributed by atoms with E-state index in [4.69, 9.17) is 23.2 Å². The van der Waals surface area contributed by atoms with Crippen molar-refractivity contribution in [3.8, 4) is 6.07 Å². The van der Waals surface area contributed by atoms with Crippen LogP contribution < -0.4 is 10.6 Å². The number of fused-ring (bicyclic) bond motifs is 1. The monoisotopic (exact) mass is 692 g/mol. The molecule has 2 aromatic heterocycles. The smallest absolute Gasteiger partial charge is 0.373 e. The summed E-state index contributed by atoms with van der Waals surface area (Å²) in [5.41, 5.74) is 2.38. The lowest BCUT2D eigenvalue weighted by molar-refractivity contribution is -0.137. The standard InChI is InChI=1S/C35H33Cl2F3N8/c1-34(2,3)47-13-11-27(12-14-47)48-20-30(45-46-48)32(21-7-9-24(36)10-8-21)44-26-16-28-31(22(18-41)19-42-33(28)29(37)17-26)43-25-6-4-5-23(15-25)35(38,39)40/h4-10,15-17,19-20,27,32,44H,11-14H2,1-3H3,(H,42,43). The molecule has 0 spiro atoms. The second-order valence-electron chi connectivity index (χ2n) is 12.9. The maximum atomic E-state index is 13.5. The number of aromatic nitrogens is 4. The van der Waals surface area contributed by atoms with Gasteiger partial charge in [0.1, 0.15) is 11.8 Å². The predicted molar refractivity (Wildman–Crippen MR) is 183 cm³/mol. The number of nitriles is 1. The minimum Gasteiger partial charge on any atom is -0.373 e. The van der Waals surface area contributed by atoms with Gasteiger partial charge in [0.15, 0.2) is 0 Å². The zero-order valence-electron chi connectivity index (χ0n) is 26.5. The van der Waals surface area contributed by atoms with Gasteiger partial charge in [0.2, 0.25) is 0 Å². The number of nitrogens with zero attached hydrogens (tertiary/aromatic N) is 6. The van der Waals surface area contributed by atoms with Crippen molar-refractivity contribution in [2.24, 2.45) is 0 Å². The van der Waals surface area contributed by atoms with Gasteiger partial charge in [0.25, 0.3) is 0 Å². The largest absolute Gasteiger partial charge is 0.416 e. The Morgan fingerprint density at radius 3 is 2.38 bits per heavy atom. The zero-order valence-corrected chi connectivity index (χ0v) is 28.0. The van der Waals surface area contributed by atoms with Crippen LogP contribution in [0.25, 0.3) is 10.9 Å². The Morgan fingerprint density at radius 2 is 1.71 bits per heavy atom. The maximum Gasteiger partial charge on any atom is 0.416 e. The highest BCUT2D eigenvalue weighted by Gasteiger charge is 2.31. The normalized spacial score (nSPS) is 15.3. The molecule has 3 aromatic carbocycles. The Morgan fingerprint density at radius 1 is 0.979 bits per heavy atom. The Balaban J connectivity index is 1.36. The van der Waals surface area contributed by atoms with Crippen LogP contribution in [0.3, 0.4) is 0 Å². The fraction of sp³-hybridized carbons (Fsp3) is 0.314. The molecule has 5 aromatic rings. The van der Waals surface area contributed by atoms with Gasteiger partial charge in [-0.2, -0.15) is 18.4 Å². The molecule has 6 rings (SSSR count). The molecule has 0 radical (unpaired) electrons. The molecule has 8 nitrogen and oxygen atoms in total. The number of likely N-dealkylation sites (tertiary alicyclic amines) is 1. The van der Waals surface area contributed by atoms with Crippen LogP contribution in [0.2, 0.25) is 10.0 Å². The first-order valence-corrected chi connectivity index (χ1v) is 16.2. The van der Waals surface area contributed by atoms with E-state index < -0.39 is 17.8 Å². The molecule has 248 valence electrons. The third-order valence-corrected chi connectivity index (χ3v) is 9.17. The fourth-order valence-corrected chi connectivity index (χ4v) is 6.43. The Labute approximate surface area is 286 Å². The summed E-state index contributed by atoms with van der Waals surface area (Å²) in [5.74, 6) is 0. The van der Waals surface area contributed by atoms with Gasteiger partial charge in [-0.1, -0.05) is 46.6 Å². The molecular weight excluding hydrogens is 660 g/mol. The average Bonchev–Trinajstić information content (AvgIpc) is 3.54. The van der Waals surface area contributed by atoms with Crippen molar-refractivity contribution in [2.45, 2.75) is 57.4 Å². The number of alkyl halides is 3. The van der Waals surface area contributed by atoms with Gasteiger partial charge in [-0.15, -0.1) is 5.10 Å². The molecule has 48 heavy (non-hydrogen) atoms. The first-order chi connectivity index (χ1) is 22.8. The lowest BCUT2D eigenvalue weighted by Crippen LogP contribution is -2.46. The number of benzene rings is 3. The molecule has 0 aliphatic carbocycles. The second-order valence-corrected chi connectivity index (χ2v) is 13.7. The molecule has 13 heteroatoms. The summed E-state index contributed by atoms with van der Waals surface area (Å²) in [6.45, 7) is 8.61. The number of anilines is 3. The van der Waals surface area contributed by atoms with E-state index in [1.165, 1.54) is 18.3 Å². The molecule has 1 aliphatic rings. The van der Waals surface area contributed by atoms with E-state index >= 15 is 0 Å². The highest BCUT2D eigenvalue weighted by atomic mass is 35.5. The lowest BCUT2D eigenvalue weighted by atomic mass is 9.98. The summed E-state index contributed by atoms with van der Waals surface area (Å²) in [6.07, 6.45) is 0.684. The quantitative estimate of drug-likeness (QED) is 0.175. The molecule has 0 amide bonds. The van der Waals surface area contributed by atoms with Crippen molar-refractivity contribution >= 4 is 51.2 Å². The van der Waals surface area contributed by atoms with Gasteiger partial charge in [0.05, 0.1) is 45.6 Å². The van der Waals surface area contributed by atoms with Crippen molar-refractivity contribution in [1.82, 2.24) is 24.9 Å². The Hall–Kier alpha value is -4.37. The van der Waals surface area contributed by atoms with E-state index in [1.54, 1.807) is 24.3 Å². The van der Waals surface area contributed by atoms with Crippen LogP contribution in [-0.2, 0) is 6.18 Å². The molecule has 0 bridgehead atoms. The number of hydrogen-bond donors (Lipinski definition) is 2. The van der Waals surface area contributed by atoms with Crippen LogP contribution in [0.1, 0.15) is 68.1 Å². The predicted octanol–water partition coefficient (Wildman–Crippen LogP) is 9.40. The molecule has 3 heterocycles. The van der Waals surface area contributed by atoms with Crippen molar-refractivity contribution in [3.63, 3.8) is 0 Å². The van der Waals surface area contributed by atoms with Crippen LogP contribution in [0.4, 0.5) is 30.2 Å². The number of halogens is 5.